The molecule has 0 saturated carbocycles. The van der Waals surface area contributed by atoms with Gasteiger partial charge in [0.15, 0.2) is 11.6 Å². The van der Waals surface area contributed by atoms with Crippen LogP contribution in [0, 0.1) is 5.82 Å². The normalized spacial score (nSPS) is 22.2. The molecule has 2 heterocycles. The minimum atomic E-state index is -0.542. The molecule has 0 aliphatic carbocycles. The summed E-state index contributed by atoms with van der Waals surface area (Å²) in [5.41, 5.74) is 0.396. The molecule has 1 unspecified atom stereocenters. The van der Waals surface area contributed by atoms with Gasteiger partial charge in [0.25, 0.3) is 0 Å². The number of hydrogen-bond acceptors (Lipinski definition) is 3. The van der Waals surface area contributed by atoms with Crippen LogP contribution in [0.15, 0.2) is 18.2 Å². The number of carbonyl (C=O) groups is 2. The van der Waals surface area contributed by atoms with E-state index in [4.69, 9.17) is 4.74 Å². The molecular weight excluding hydrogens is 263 g/mol. The molecule has 0 N–H and O–H groups in total. The Kier molecular flexibility index (Phi) is 3.08. The molecule has 2 amide bonds. The van der Waals surface area contributed by atoms with E-state index in [1.807, 2.05) is 0 Å². The molecule has 3 rings (SSSR count). The smallest absolute Gasteiger partial charge is 0.250 e. The summed E-state index contributed by atoms with van der Waals surface area (Å²) in [5, 5.41) is 0. The van der Waals surface area contributed by atoms with Gasteiger partial charge in [-0.2, -0.15) is 0 Å². The summed E-state index contributed by atoms with van der Waals surface area (Å²) in [6, 6.07) is 3.90. The predicted molar refractivity (Wildman–Crippen MR) is 70.0 cm³/mol. The zero-order chi connectivity index (χ0) is 14.3. The van der Waals surface area contributed by atoms with Gasteiger partial charge in [0.1, 0.15) is 12.6 Å². The highest BCUT2D eigenvalue weighted by Crippen LogP contribution is 2.29. The van der Waals surface area contributed by atoms with Crippen molar-refractivity contribution in [2.75, 3.05) is 25.1 Å². The van der Waals surface area contributed by atoms with E-state index < -0.39 is 5.82 Å². The van der Waals surface area contributed by atoms with Gasteiger partial charge in [-0.3, -0.25) is 9.59 Å². The van der Waals surface area contributed by atoms with Gasteiger partial charge in [0, 0.05) is 18.3 Å². The maximum absolute atomic E-state index is 13.7. The van der Waals surface area contributed by atoms with Crippen LogP contribution in [0.25, 0.3) is 0 Å². The average molecular weight is 278 g/mol. The number of ether oxygens (including phenoxy) is 1. The number of rotatable bonds is 2. The Morgan fingerprint density at radius 2 is 2.15 bits per heavy atom. The monoisotopic (exact) mass is 278 g/mol. The number of halogens is 1. The first-order valence-electron chi connectivity index (χ1n) is 6.56. The van der Waals surface area contributed by atoms with Crippen molar-refractivity contribution >= 4 is 17.5 Å². The minimum Gasteiger partial charge on any atom is -0.494 e. The molecule has 2 saturated heterocycles. The number of amides is 2. The maximum atomic E-state index is 13.7. The molecule has 1 atom stereocenters. The quantitative estimate of drug-likeness (QED) is 0.816. The number of fused-ring (bicyclic) bond motifs is 1. The second-order valence-corrected chi connectivity index (χ2v) is 4.99. The van der Waals surface area contributed by atoms with Crippen molar-refractivity contribution in [3.63, 3.8) is 0 Å². The highest BCUT2D eigenvalue weighted by atomic mass is 19.1. The summed E-state index contributed by atoms with van der Waals surface area (Å²) in [6.45, 7) is 0.612. The molecule has 5 nitrogen and oxygen atoms in total. The van der Waals surface area contributed by atoms with Crippen LogP contribution in [0.3, 0.4) is 0 Å². The van der Waals surface area contributed by atoms with Crippen LogP contribution in [-0.2, 0) is 9.59 Å². The summed E-state index contributed by atoms with van der Waals surface area (Å²) < 4.78 is 18.6. The molecule has 0 radical (unpaired) electrons. The van der Waals surface area contributed by atoms with Crippen molar-refractivity contribution in [1.29, 1.82) is 0 Å². The van der Waals surface area contributed by atoms with Gasteiger partial charge in [-0.25, -0.2) is 4.39 Å². The molecule has 0 bridgehead atoms. The summed E-state index contributed by atoms with van der Waals surface area (Å²) in [5.74, 6) is -0.638. The van der Waals surface area contributed by atoms with Crippen molar-refractivity contribution < 1.29 is 18.7 Å². The molecule has 1 aromatic carbocycles. The molecule has 1 aromatic rings. The summed E-state index contributed by atoms with van der Waals surface area (Å²) >= 11 is 0. The molecule has 0 aromatic heterocycles. The topological polar surface area (TPSA) is 49.9 Å². The van der Waals surface area contributed by atoms with Crippen molar-refractivity contribution in [2.45, 2.75) is 18.9 Å². The van der Waals surface area contributed by atoms with Crippen molar-refractivity contribution in [1.82, 2.24) is 4.90 Å². The van der Waals surface area contributed by atoms with Gasteiger partial charge in [0.2, 0.25) is 11.8 Å². The lowest BCUT2D eigenvalue weighted by Crippen LogP contribution is -2.57. The van der Waals surface area contributed by atoms with Crippen LogP contribution in [0.5, 0.6) is 5.75 Å². The zero-order valence-corrected chi connectivity index (χ0v) is 11.1. The van der Waals surface area contributed by atoms with Gasteiger partial charge in [-0.05, 0) is 25.0 Å². The molecular formula is C14H15FN2O3. The van der Waals surface area contributed by atoms with Crippen LogP contribution in [0.4, 0.5) is 10.1 Å². The number of carbonyl (C=O) groups excluding carboxylic acids is 2. The van der Waals surface area contributed by atoms with E-state index in [0.29, 0.717) is 18.7 Å². The molecule has 6 heteroatoms. The van der Waals surface area contributed by atoms with Crippen LogP contribution >= 0.6 is 0 Å². The fourth-order valence-electron chi connectivity index (χ4n) is 2.85. The van der Waals surface area contributed by atoms with E-state index in [-0.39, 0.29) is 30.2 Å². The lowest BCUT2D eigenvalue weighted by atomic mass is 10.1. The third-order valence-electron chi connectivity index (χ3n) is 3.86. The third kappa shape index (κ3) is 1.92. The maximum Gasteiger partial charge on any atom is 0.250 e. The lowest BCUT2D eigenvalue weighted by molar-refractivity contribution is -0.140. The number of anilines is 1. The summed E-state index contributed by atoms with van der Waals surface area (Å²) in [6.07, 6.45) is 1.52. The number of nitrogens with zero attached hydrogens (tertiary/aromatic N) is 2. The molecule has 20 heavy (non-hydrogen) atoms. The fourth-order valence-corrected chi connectivity index (χ4v) is 2.85. The highest BCUT2D eigenvalue weighted by Gasteiger charge is 2.42. The highest BCUT2D eigenvalue weighted by molar-refractivity contribution is 6.06. The Balaban J connectivity index is 1.91. The SMILES string of the molecule is COc1ccc(N2CC(=O)N3CCCC3C2=O)cc1F. The molecule has 2 fully saturated rings. The molecule has 2 aliphatic rings. The summed E-state index contributed by atoms with van der Waals surface area (Å²) in [7, 11) is 1.38. The predicted octanol–water partition coefficient (Wildman–Crippen LogP) is 1.17. The van der Waals surface area contributed by atoms with Crippen molar-refractivity contribution in [3.05, 3.63) is 24.0 Å². The van der Waals surface area contributed by atoms with Gasteiger partial charge in [0.05, 0.1) is 7.11 Å². The van der Waals surface area contributed by atoms with Crippen LogP contribution in [0.1, 0.15) is 12.8 Å². The number of methoxy groups -OCH3 is 1. The van der Waals surface area contributed by atoms with E-state index in [1.54, 1.807) is 11.0 Å². The Hall–Kier alpha value is -2.11. The van der Waals surface area contributed by atoms with Gasteiger partial charge < -0.3 is 14.5 Å². The minimum absolute atomic E-state index is 0.0267. The second kappa shape index (κ2) is 4.77. The Morgan fingerprint density at radius 1 is 1.35 bits per heavy atom. The average Bonchev–Trinajstić information content (AvgIpc) is 2.93. The van der Waals surface area contributed by atoms with Gasteiger partial charge >= 0.3 is 0 Å². The van der Waals surface area contributed by atoms with E-state index in [0.717, 1.165) is 6.42 Å². The van der Waals surface area contributed by atoms with E-state index in [9.17, 15) is 14.0 Å². The van der Waals surface area contributed by atoms with E-state index >= 15 is 0 Å². The van der Waals surface area contributed by atoms with E-state index in [2.05, 4.69) is 0 Å². The van der Waals surface area contributed by atoms with Gasteiger partial charge in [-0.15, -0.1) is 0 Å². The first-order chi connectivity index (χ1) is 9.61. The zero-order valence-electron chi connectivity index (χ0n) is 11.1. The Morgan fingerprint density at radius 3 is 2.85 bits per heavy atom. The van der Waals surface area contributed by atoms with Crippen LogP contribution in [0.2, 0.25) is 0 Å². The Labute approximate surface area is 115 Å². The standard InChI is InChI=1S/C14H15FN2O3/c1-20-12-5-4-9(7-10(12)15)17-8-13(18)16-6-2-3-11(16)14(17)19/h4-5,7,11H,2-3,6,8H2,1H3. The van der Waals surface area contributed by atoms with Gasteiger partial charge in [-0.1, -0.05) is 0 Å². The molecule has 0 spiro atoms. The number of benzene rings is 1. The largest absolute Gasteiger partial charge is 0.494 e. The lowest BCUT2D eigenvalue weighted by Gasteiger charge is -2.36. The Bertz CT molecular complexity index is 576. The van der Waals surface area contributed by atoms with Crippen LogP contribution in [-0.4, -0.2) is 43.0 Å². The second-order valence-electron chi connectivity index (χ2n) is 4.99. The van der Waals surface area contributed by atoms with Crippen molar-refractivity contribution in [3.8, 4) is 5.75 Å². The van der Waals surface area contributed by atoms with Crippen LogP contribution < -0.4 is 9.64 Å². The number of hydrogen-bond donors (Lipinski definition) is 0. The molecule has 2 aliphatic heterocycles. The first-order valence-corrected chi connectivity index (χ1v) is 6.56. The molecule has 106 valence electrons. The first kappa shape index (κ1) is 12.9. The fraction of sp³-hybridized carbons (Fsp3) is 0.429. The number of piperazine rings is 1. The third-order valence-corrected chi connectivity index (χ3v) is 3.86. The van der Waals surface area contributed by atoms with Crippen molar-refractivity contribution in [2.24, 2.45) is 0 Å². The summed E-state index contributed by atoms with van der Waals surface area (Å²) in [4.78, 5) is 27.4. The van der Waals surface area contributed by atoms with E-state index in [1.165, 1.54) is 24.1 Å².